The topological polar surface area (TPSA) is 86.6 Å². The van der Waals surface area contributed by atoms with Crippen LogP contribution in [0.15, 0.2) is 6.07 Å². The van der Waals surface area contributed by atoms with E-state index in [1.807, 2.05) is 19.9 Å². The summed E-state index contributed by atoms with van der Waals surface area (Å²) in [4.78, 5) is 38.1. The molecule has 1 amide bonds. The molecule has 5 rings (SSSR count). The van der Waals surface area contributed by atoms with Gasteiger partial charge in [-0.3, -0.25) is 14.4 Å². The Morgan fingerprint density at radius 3 is 2.47 bits per heavy atom. The monoisotopic (exact) mass is 444 g/mol. The molecule has 1 aromatic heterocycles. The Bertz CT molecular complexity index is 904. The standard InChI is InChI=1S/C25H36N2O5/c1-16-8-21(17(2)27(16)6-5-7-31-4)22(29)14-32-23(30)24-10-19-9-20(11-24)13-25(12-19,15-24)26-18(3)28/h8,19-20H,5-7,9-15H2,1-4H3,(H,26,28)/t19-,20-,24?,25?/m0/s1. The summed E-state index contributed by atoms with van der Waals surface area (Å²) in [6.07, 6.45) is 6.16. The molecule has 7 nitrogen and oxygen atoms in total. The van der Waals surface area contributed by atoms with Gasteiger partial charge in [0.25, 0.3) is 0 Å². The molecule has 7 heteroatoms. The smallest absolute Gasteiger partial charge is 0.312 e. The van der Waals surface area contributed by atoms with Crippen molar-refractivity contribution in [1.82, 2.24) is 9.88 Å². The highest BCUT2D eigenvalue weighted by molar-refractivity contribution is 5.99. The number of ether oxygens (including phenoxy) is 2. The Morgan fingerprint density at radius 1 is 1.16 bits per heavy atom. The van der Waals surface area contributed by atoms with Crippen LogP contribution < -0.4 is 5.32 Å². The zero-order valence-electron chi connectivity index (χ0n) is 19.8. The number of aryl methyl sites for hydroxylation is 1. The minimum atomic E-state index is -0.566. The van der Waals surface area contributed by atoms with E-state index in [2.05, 4.69) is 9.88 Å². The van der Waals surface area contributed by atoms with Crippen LogP contribution in [0, 0.1) is 31.1 Å². The molecule has 0 radical (unpaired) electrons. The van der Waals surface area contributed by atoms with Crippen molar-refractivity contribution in [2.24, 2.45) is 17.3 Å². The largest absolute Gasteiger partial charge is 0.457 e. The van der Waals surface area contributed by atoms with Crippen molar-refractivity contribution < 1.29 is 23.9 Å². The second kappa shape index (κ2) is 8.65. The number of hydrogen-bond donors (Lipinski definition) is 1. The number of carbonyl (C=O) groups excluding carboxylic acids is 3. The highest BCUT2D eigenvalue weighted by Gasteiger charge is 2.61. The molecule has 0 saturated heterocycles. The lowest BCUT2D eigenvalue weighted by Crippen LogP contribution is -2.64. The average Bonchev–Trinajstić information content (AvgIpc) is 2.98. The number of rotatable bonds is 9. The molecule has 176 valence electrons. The molecule has 0 unspecified atom stereocenters. The number of carbonyl (C=O) groups is 3. The molecule has 0 aliphatic heterocycles. The number of nitrogens with one attached hydrogen (secondary N) is 1. The quantitative estimate of drug-likeness (QED) is 0.359. The third-order valence-corrected chi connectivity index (χ3v) is 7.87. The van der Waals surface area contributed by atoms with Gasteiger partial charge in [-0.05, 0) is 76.7 Å². The van der Waals surface area contributed by atoms with Crippen LogP contribution in [-0.2, 0) is 25.6 Å². The fourth-order valence-corrected chi connectivity index (χ4v) is 7.18. The van der Waals surface area contributed by atoms with Gasteiger partial charge < -0.3 is 19.4 Å². The van der Waals surface area contributed by atoms with Crippen molar-refractivity contribution in [2.75, 3.05) is 20.3 Å². The van der Waals surface area contributed by atoms with E-state index < -0.39 is 5.41 Å². The van der Waals surface area contributed by atoms with Crippen LogP contribution in [0.4, 0.5) is 0 Å². The number of aromatic nitrogens is 1. The third kappa shape index (κ3) is 4.24. The molecular weight excluding hydrogens is 408 g/mol. The number of Topliss-reactive ketones (excluding diaryl/α,β-unsaturated/α-hetero) is 1. The molecule has 1 aromatic rings. The van der Waals surface area contributed by atoms with E-state index in [-0.39, 0.29) is 29.8 Å². The maximum absolute atomic E-state index is 13.3. The molecular formula is C25H36N2O5. The Kier molecular flexibility index (Phi) is 6.23. The molecule has 32 heavy (non-hydrogen) atoms. The van der Waals surface area contributed by atoms with Crippen LogP contribution >= 0.6 is 0 Å². The van der Waals surface area contributed by atoms with Gasteiger partial charge in [-0.25, -0.2) is 0 Å². The molecule has 2 atom stereocenters. The molecule has 0 aromatic carbocycles. The van der Waals surface area contributed by atoms with Gasteiger partial charge in [0.2, 0.25) is 11.7 Å². The SMILES string of the molecule is COCCCn1c(C)cc(C(=O)COC(=O)C23C[C@@H]4C[C@H](CC(NC(C)=O)(C4)C2)C3)c1C. The molecule has 0 spiro atoms. The Hall–Kier alpha value is -2.15. The van der Waals surface area contributed by atoms with E-state index in [0.717, 1.165) is 56.5 Å². The number of nitrogens with zero attached hydrogens (tertiary/aromatic N) is 1. The van der Waals surface area contributed by atoms with Crippen molar-refractivity contribution in [3.63, 3.8) is 0 Å². The summed E-state index contributed by atoms with van der Waals surface area (Å²) < 4.78 is 12.9. The predicted molar refractivity (Wildman–Crippen MR) is 119 cm³/mol. The summed E-state index contributed by atoms with van der Waals surface area (Å²) >= 11 is 0. The van der Waals surface area contributed by atoms with Crippen LogP contribution in [0.3, 0.4) is 0 Å². The number of ketones is 1. The van der Waals surface area contributed by atoms with E-state index in [1.54, 1.807) is 14.0 Å². The van der Waals surface area contributed by atoms with Crippen molar-refractivity contribution in [3.05, 3.63) is 23.0 Å². The van der Waals surface area contributed by atoms with Crippen LogP contribution in [0.5, 0.6) is 0 Å². The van der Waals surface area contributed by atoms with Crippen LogP contribution in [-0.4, -0.2) is 48.1 Å². The van der Waals surface area contributed by atoms with Gasteiger partial charge in [-0.2, -0.15) is 0 Å². The van der Waals surface area contributed by atoms with E-state index >= 15 is 0 Å². The van der Waals surface area contributed by atoms with Crippen molar-refractivity contribution in [1.29, 1.82) is 0 Å². The maximum Gasteiger partial charge on any atom is 0.312 e. The Morgan fingerprint density at radius 2 is 1.84 bits per heavy atom. The second-order valence-corrected chi connectivity index (χ2v) is 10.5. The third-order valence-electron chi connectivity index (χ3n) is 7.87. The van der Waals surface area contributed by atoms with Crippen LogP contribution in [0.2, 0.25) is 0 Å². The average molecular weight is 445 g/mol. The number of esters is 1. The van der Waals surface area contributed by atoms with Crippen molar-refractivity contribution in [2.45, 2.75) is 77.8 Å². The molecule has 4 saturated carbocycles. The lowest BCUT2D eigenvalue weighted by Gasteiger charge is -2.60. The van der Waals surface area contributed by atoms with E-state index in [9.17, 15) is 14.4 Å². The van der Waals surface area contributed by atoms with Gasteiger partial charge in [-0.1, -0.05) is 0 Å². The van der Waals surface area contributed by atoms with Crippen LogP contribution in [0.1, 0.15) is 73.6 Å². The van der Waals surface area contributed by atoms with Gasteiger partial charge in [-0.15, -0.1) is 0 Å². The molecule has 1 heterocycles. The number of methoxy groups -OCH3 is 1. The van der Waals surface area contributed by atoms with Gasteiger partial charge in [0.15, 0.2) is 6.61 Å². The zero-order chi connectivity index (χ0) is 23.1. The lowest BCUT2D eigenvalue weighted by molar-refractivity contribution is -0.174. The molecule has 4 aliphatic rings. The normalized spacial score (nSPS) is 30.4. The van der Waals surface area contributed by atoms with Gasteiger partial charge >= 0.3 is 5.97 Å². The van der Waals surface area contributed by atoms with Gasteiger partial charge in [0.1, 0.15) is 0 Å². The first-order valence-electron chi connectivity index (χ1n) is 11.8. The molecule has 4 bridgehead atoms. The number of amides is 1. The summed E-state index contributed by atoms with van der Waals surface area (Å²) in [7, 11) is 1.68. The summed E-state index contributed by atoms with van der Waals surface area (Å²) in [6.45, 7) is 6.70. The molecule has 4 fully saturated rings. The van der Waals surface area contributed by atoms with Gasteiger partial charge in [0, 0.05) is 49.7 Å². The summed E-state index contributed by atoms with van der Waals surface area (Å²) in [5.41, 5.74) is 1.69. The van der Waals surface area contributed by atoms with Crippen molar-refractivity contribution >= 4 is 17.7 Å². The Balaban J connectivity index is 1.42. The lowest BCUT2D eigenvalue weighted by atomic mass is 9.47. The highest BCUT2D eigenvalue weighted by Crippen LogP contribution is 2.62. The fourth-order valence-electron chi connectivity index (χ4n) is 7.18. The zero-order valence-corrected chi connectivity index (χ0v) is 19.8. The summed E-state index contributed by atoms with van der Waals surface area (Å²) in [5, 5.41) is 3.17. The van der Waals surface area contributed by atoms with E-state index in [1.165, 1.54) is 0 Å². The van der Waals surface area contributed by atoms with Crippen molar-refractivity contribution in [3.8, 4) is 0 Å². The number of hydrogen-bond acceptors (Lipinski definition) is 5. The fraction of sp³-hybridized carbons (Fsp3) is 0.720. The molecule has 1 N–H and O–H groups in total. The second-order valence-electron chi connectivity index (χ2n) is 10.5. The predicted octanol–water partition coefficient (Wildman–Crippen LogP) is 3.34. The summed E-state index contributed by atoms with van der Waals surface area (Å²) in [6, 6.07) is 1.88. The summed E-state index contributed by atoms with van der Waals surface area (Å²) in [5.74, 6) is 0.426. The van der Waals surface area contributed by atoms with Crippen LogP contribution in [0.25, 0.3) is 0 Å². The first kappa shape index (κ1) is 23.0. The molecule has 4 aliphatic carbocycles. The first-order chi connectivity index (χ1) is 15.2. The highest BCUT2D eigenvalue weighted by atomic mass is 16.5. The minimum absolute atomic E-state index is 0.0356. The first-order valence-corrected chi connectivity index (χ1v) is 11.8. The Labute approximate surface area is 190 Å². The van der Waals surface area contributed by atoms with Gasteiger partial charge in [0.05, 0.1) is 5.41 Å². The van der Waals surface area contributed by atoms with E-state index in [4.69, 9.17) is 9.47 Å². The minimum Gasteiger partial charge on any atom is -0.457 e. The van der Waals surface area contributed by atoms with E-state index in [0.29, 0.717) is 30.4 Å². The maximum atomic E-state index is 13.3.